The first kappa shape index (κ1) is 21.7. The number of fused-ring (bicyclic) bond motifs is 1. The van der Waals surface area contributed by atoms with Gasteiger partial charge in [-0.25, -0.2) is 13.2 Å². The van der Waals surface area contributed by atoms with Gasteiger partial charge in [-0.15, -0.1) is 0 Å². The molecule has 160 valence electrons. The fraction of sp³-hybridized carbons (Fsp3) is 0.318. The predicted octanol–water partition coefficient (Wildman–Crippen LogP) is 4.60. The van der Waals surface area contributed by atoms with Crippen molar-refractivity contribution >= 4 is 22.3 Å². The van der Waals surface area contributed by atoms with E-state index in [1.165, 1.54) is 12.1 Å². The molecule has 0 unspecified atom stereocenters. The van der Waals surface area contributed by atoms with E-state index in [4.69, 9.17) is 10.2 Å². The Bertz CT molecular complexity index is 1110. The van der Waals surface area contributed by atoms with E-state index in [-0.39, 0.29) is 33.7 Å². The second-order valence-electron chi connectivity index (χ2n) is 7.42. The molecule has 8 heteroatoms. The van der Waals surface area contributed by atoms with E-state index in [0.717, 1.165) is 37.9 Å². The maximum absolute atomic E-state index is 14.4. The minimum absolute atomic E-state index is 0.0356. The highest BCUT2D eigenvalue weighted by Gasteiger charge is 2.19. The Hall–Kier alpha value is -3.00. The third-order valence-corrected chi connectivity index (χ3v) is 4.78. The lowest BCUT2D eigenvalue weighted by atomic mass is 10.1. The molecule has 30 heavy (non-hydrogen) atoms. The molecular formula is C22H24F3N3O2. The fourth-order valence-electron chi connectivity index (χ4n) is 3.21. The Labute approximate surface area is 172 Å². The van der Waals surface area contributed by atoms with Crippen LogP contribution in [0.5, 0.6) is 0 Å². The molecule has 1 aromatic heterocycles. The van der Waals surface area contributed by atoms with Crippen molar-refractivity contribution in [3.05, 3.63) is 58.0 Å². The highest BCUT2D eigenvalue weighted by atomic mass is 19.1. The first-order chi connectivity index (χ1) is 14.3. The minimum atomic E-state index is -1.01. The number of hydrogen-bond donors (Lipinski definition) is 2. The Balaban J connectivity index is 1.91. The molecule has 0 radical (unpaired) electrons. The van der Waals surface area contributed by atoms with Crippen LogP contribution in [-0.4, -0.2) is 32.1 Å². The summed E-state index contributed by atoms with van der Waals surface area (Å²) in [5, 5.41) is 2.69. The minimum Gasteiger partial charge on any atom is -0.453 e. The molecule has 0 atom stereocenters. The first-order valence-electron chi connectivity index (χ1n) is 9.67. The molecule has 1 heterocycles. The number of rotatable bonds is 8. The molecule has 2 aromatic carbocycles. The second kappa shape index (κ2) is 9.21. The molecule has 3 rings (SSSR count). The van der Waals surface area contributed by atoms with Gasteiger partial charge in [0.15, 0.2) is 16.8 Å². The van der Waals surface area contributed by atoms with Gasteiger partial charge in [0.25, 0.3) is 0 Å². The van der Waals surface area contributed by atoms with Crippen LogP contribution in [-0.2, 0) is 0 Å². The number of hydrogen-bond acceptors (Lipinski definition) is 5. The zero-order valence-electron chi connectivity index (χ0n) is 16.9. The first-order valence-corrected chi connectivity index (χ1v) is 9.67. The number of anilines is 2. The number of nitrogens with one attached hydrogen (secondary N) is 1. The van der Waals surface area contributed by atoms with Gasteiger partial charge in [-0.2, -0.15) is 0 Å². The van der Waals surface area contributed by atoms with Gasteiger partial charge in [-0.1, -0.05) is 6.42 Å². The van der Waals surface area contributed by atoms with E-state index in [1.807, 2.05) is 14.1 Å². The largest absolute Gasteiger partial charge is 0.453 e. The number of halogens is 3. The smallest absolute Gasteiger partial charge is 0.195 e. The summed E-state index contributed by atoms with van der Waals surface area (Å²) in [5.41, 5.74) is 4.51. The molecule has 0 spiro atoms. The van der Waals surface area contributed by atoms with Crippen LogP contribution < -0.4 is 16.5 Å². The van der Waals surface area contributed by atoms with E-state index < -0.39 is 22.9 Å². The van der Waals surface area contributed by atoms with Crippen molar-refractivity contribution in [1.29, 1.82) is 0 Å². The molecule has 0 aliphatic carbocycles. The zero-order chi connectivity index (χ0) is 21.8. The van der Waals surface area contributed by atoms with Crippen LogP contribution in [0, 0.1) is 17.5 Å². The number of nitrogens with zero attached hydrogens (tertiary/aromatic N) is 1. The summed E-state index contributed by atoms with van der Waals surface area (Å²) >= 11 is 0. The monoisotopic (exact) mass is 419 g/mol. The lowest BCUT2D eigenvalue weighted by Gasteiger charge is -2.13. The van der Waals surface area contributed by atoms with Crippen molar-refractivity contribution in [2.45, 2.75) is 19.3 Å². The van der Waals surface area contributed by atoms with Gasteiger partial charge in [-0.3, -0.25) is 4.79 Å². The molecule has 0 aliphatic rings. The van der Waals surface area contributed by atoms with Crippen molar-refractivity contribution in [2.75, 3.05) is 38.2 Å². The maximum atomic E-state index is 14.4. The van der Waals surface area contributed by atoms with Crippen LogP contribution in [0.4, 0.5) is 24.5 Å². The van der Waals surface area contributed by atoms with Crippen molar-refractivity contribution < 1.29 is 17.6 Å². The standard InChI is InChI=1S/C22H24F3N3O2/c1-28(2)9-5-3-4-8-27-21-15(24)11-16(25)22-20(21)18(29)12-19(30-22)13-6-7-17(26)14(23)10-13/h6-7,10-12,27H,3-5,8-9,26H2,1-2H3. The van der Waals surface area contributed by atoms with Gasteiger partial charge < -0.3 is 20.4 Å². The fourth-order valence-corrected chi connectivity index (χ4v) is 3.21. The van der Waals surface area contributed by atoms with E-state index in [9.17, 15) is 18.0 Å². The molecule has 0 saturated carbocycles. The van der Waals surface area contributed by atoms with E-state index in [2.05, 4.69) is 10.2 Å². The molecule has 0 amide bonds. The van der Waals surface area contributed by atoms with Crippen molar-refractivity contribution in [3.63, 3.8) is 0 Å². The van der Waals surface area contributed by atoms with Crippen molar-refractivity contribution in [1.82, 2.24) is 4.90 Å². The number of nitrogen functional groups attached to an aromatic ring is 1. The van der Waals surface area contributed by atoms with Crippen LogP contribution in [0.1, 0.15) is 19.3 Å². The van der Waals surface area contributed by atoms with Gasteiger partial charge in [-0.05, 0) is 51.7 Å². The van der Waals surface area contributed by atoms with Crippen LogP contribution >= 0.6 is 0 Å². The summed E-state index contributed by atoms with van der Waals surface area (Å²) in [6.45, 7) is 1.38. The lowest BCUT2D eigenvalue weighted by Crippen LogP contribution is -2.14. The van der Waals surface area contributed by atoms with Crippen LogP contribution in [0.25, 0.3) is 22.3 Å². The van der Waals surface area contributed by atoms with Crippen LogP contribution in [0.3, 0.4) is 0 Å². The molecule has 0 saturated heterocycles. The highest BCUT2D eigenvalue weighted by molar-refractivity contribution is 5.91. The average Bonchev–Trinajstić information content (AvgIpc) is 2.68. The van der Waals surface area contributed by atoms with Gasteiger partial charge in [0.1, 0.15) is 17.4 Å². The van der Waals surface area contributed by atoms with Gasteiger partial charge in [0.05, 0.1) is 16.8 Å². The average molecular weight is 419 g/mol. The molecular weight excluding hydrogens is 395 g/mol. The lowest BCUT2D eigenvalue weighted by molar-refractivity contribution is 0.392. The Kier molecular flexibility index (Phi) is 6.66. The number of benzene rings is 2. The van der Waals surface area contributed by atoms with Crippen LogP contribution in [0.2, 0.25) is 0 Å². The molecule has 3 N–H and O–H groups in total. The van der Waals surface area contributed by atoms with Gasteiger partial charge >= 0.3 is 0 Å². The third kappa shape index (κ3) is 4.76. The summed E-state index contributed by atoms with van der Waals surface area (Å²) in [5.74, 6) is -2.60. The summed E-state index contributed by atoms with van der Waals surface area (Å²) < 4.78 is 48.1. The van der Waals surface area contributed by atoms with Crippen molar-refractivity contribution in [3.8, 4) is 11.3 Å². The molecule has 0 fully saturated rings. The summed E-state index contributed by atoms with van der Waals surface area (Å²) in [6.07, 6.45) is 2.68. The normalized spacial score (nSPS) is 11.4. The maximum Gasteiger partial charge on any atom is 0.195 e. The Morgan fingerprint density at radius 3 is 2.47 bits per heavy atom. The van der Waals surface area contributed by atoms with Gasteiger partial charge in [0, 0.05) is 24.2 Å². The second-order valence-corrected chi connectivity index (χ2v) is 7.42. The van der Waals surface area contributed by atoms with Crippen molar-refractivity contribution in [2.24, 2.45) is 0 Å². The zero-order valence-corrected chi connectivity index (χ0v) is 16.9. The summed E-state index contributed by atoms with van der Waals surface area (Å²) in [4.78, 5) is 14.8. The molecule has 5 nitrogen and oxygen atoms in total. The molecule has 0 aliphatic heterocycles. The quantitative estimate of drug-likeness (QED) is 0.412. The Morgan fingerprint density at radius 1 is 1.00 bits per heavy atom. The number of nitrogens with two attached hydrogens (primary N) is 1. The summed E-state index contributed by atoms with van der Waals surface area (Å²) in [6, 6.07) is 5.63. The SMILES string of the molecule is CN(C)CCCCCNc1c(F)cc(F)c2oc(-c3ccc(N)c(F)c3)cc(=O)c12. The van der Waals surface area contributed by atoms with E-state index in [1.54, 1.807) is 0 Å². The molecule has 0 bridgehead atoms. The molecule has 3 aromatic rings. The van der Waals surface area contributed by atoms with Crippen LogP contribution in [0.15, 0.2) is 39.5 Å². The topological polar surface area (TPSA) is 71.5 Å². The number of unbranched alkanes of at least 4 members (excludes halogenated alkanes) is 2. The van der Waals surface area contributed by atoms with E-state index in [0.29, 0.717) is 12.6 Å². The highest BCUT2D eigenvalue weighted by Crippen LogP contribution is 2.31. The summed E-state index contributed by atoms with van der Waals surface area (Å²) in [7, 11) is 3.98. The third-order valence-electron chi connectivity index (χ3n) is 4.78. The predicted molar refractivity (Wildman–Crippen MR) is 113 cm³/mol. The van der Waals surface area contributed by atoms with E-state index >= 15 is 0 Å². The van der Waals surface area contributed by atoms with Gasteiger partial charge in [0.2, 0.25) is 0 Å². The Morgan fingerprint density at radius 2 is 1.77 bits per heavy atom.